The van der Waals surface area contributed by atoms with E-state index in [4.69, 9.17) is 16.3 Å². The Morgan fingerprint density at radius 3 is 2.50 bits per heavy atom. The number of ether oxygens (including phenoxy) is 1. The van der Waals surface area contributed by atoms with Gasteiger partial charge in [0, 0.05) is 11.6 Å². The van der Waals surface area contributed by atoms with Gasteiger partial charge in [0.25, 0.3) is 0 Å². The van der Waals surface area contributed by atoms with Crippen LogP contribution < -0.4 is 0 Å². The van der Waals surface area contributed by atoms with Gasteiger partial charge in [-0.3, -0.25) is 0 Å². The zero-order chi connectivity index (χ0) is 14.8. The Bertz CT molecular complexity index is 464. The molecule has 0 unspecified atom stereocenters. The second-order valence-electron chi connectivity index (χ2n) is 6.24. The largest absolute Gasteiger partial charge is 0.444 e. The van der Waals surface area contributed by atoms with Crippen LogP contribution in [0, 0.1) is 0 Å². The van der Waals surface area contributed by atoms with Crippen molar-refractivity contribution in [2.24, 2.45) is 0 Å². The second-order valence-corrected chi connectivity index (χ2v) is 6.67. The Kier molecular flexibility index (Phi) is 4.59. The lowest BCUT2D eigenvalue weighted by atomic mass is 9.96. The van der Waals surface area contributed by atoms with Crippen LogP contribution in [0.15, 0.2) is 24.3 Å². The van der Waals surface area contributed by atoms with Crippen LogP contribution in [0.3, 0.4) is 0 Å². The highest BCUT2D eigenvalue weighted by Crippen LogP contribution is 2.32. The summed E-state index contributed by atoms with van der Waals surface area (Å²) in [5.74, 6) is 0. The first kappa shape index (κ1) is 15.2. The molecule has 1 heterocycles. The lowest BCUT2D eigenvalue weighted by molar-refractivity contribution is 0.00952. The zero-order valence-corrected chi connectivity index (χ0v) is 13.1. The Morgan fingerprint density at radius 2 is 1.90 bits per heavy atom. The lowest BCUT2D eigenvalue weighted by Gasteiger charge is -2.37. The first-order valence-electron chi connectivity index (χ1n) is 7.12. The number of amides is 1. The molecule has 1 aliphatic rings. The van der Waals surface area contributed by atoms with Gasteiger partial charge in [0.05, 0.1) is 6.04 Å². The molecule has 1 aliphatic heterocycles. The van der Waals surface area contributed by atoms with Gasteiger partial charge in [-0.2, -0.15) is 0 Å². The lowest BCUT2D eigenvalue weighted by Crippen LogP contribution is -2.41. The molecule has 1 aromatic carbocycles. The van der Waals surface area contributed by atoms with Crippen LogP contribution in [0.1, 0.15) is 51.6 Å². The molecule has 3 nitrogen and oxygen atoms in total. The first-order valence-corrected chi connectivity index (χ1v) is 7.50. The van der Waals surface area contributed by atoms with E-state index >= 15 is 0 Å². The number of hydrogen-bond donors (Lipinski definition) is 0. The van der Waals surface area contributed by atoms with Crippen molar-refractivity contribution in [2.75, 3.05) is 6.54 Å². The predicted octanol–water partition coefficient (Wildman–Crippen LogP) is 4.80. The van der Waals surface area contributed by atoms with Crippen molar-refractivity contribution in [3.05, 3.63) is 34.9 Å². The normalized spacial score (nSPS) is 19.8. The highest BCUT2D eigenvalue weighted by Gasteiger charge is 2.31. The second kappa shape index (κ2) is 6.04. The zero-order valence-electron chi connectivity index (χ0n) is 12.4. The van der Waals surface area contributed by atoms with Gasteiger partial charge in [0.15, 0.2) is 0 Å². The number of hydrogen-bond acceptors (Lipinski definition) is 2. The topological polar surface area (TPSA) is 29.5 Å². The fourth-order valence-electron chi connectivity index (χ4n) is 2.50. The number of benzene rings is 1. The van der Waals surface area contributed by atoms with E-state index < -0.39 is 5.60 Å². The number of likely N-dealkylation sites (tertiary alicyclic amines) is 1. The van der Waals surface area contributed by atoms with Crippen molar-refractivity contribution in [3.8, 4) is 0 Å². The molecule has 0 aliphatic carbocycles. The third kappa shape index (κ3) is 3.89. The first-order chi connectivity index (χ1) is 9.37. The van der Waals surface area contributed by atoms with Crippen LogP contribution >= 0.6 is 11.6 Å². The average molecular weight is 296 g/mol. The van der Waals surface area contributed by atoms with Crippen molar-refractivity contribution < 1.29 is 9.53 Å². The summed E-state index contributed by atoms with van der Waals surface area (Å²) >= 11 is 5.93. The van der Waals surface area contributed by atoms with Gasteiger partial charge in [-0.25, -0.2) is 4.79 Å². The van der Waals surface area contributed by atoms with Gasteiger partial charge in [0.2, 0.25) is 0 Å². The molecule has 0 spiro atoms. The molecule has 1 aromatic rings. The summed E-state index contributed by atoms with van der Waals surface area (Å²) in [5.41, 5.74) is 0.666. The highest BCUT2D eigenvalue weighted by molar-refractivity contribution is 6.30. The van der Waals surface area contributed by atoms with Crippen LogP contribution in [0.25, 0.3) is 0 Å². The van der Waals surface area contributed by atoms with Gasteiger partial charge in [0.1, 0.15) is 5.60 Å². The summed E-state index contributed by atoms with van der Waals surface area (Å²) in [4.78, 5) is 14.2. The fourth-order valence-corrected chi connectivity index (χ4v) is 2.63. The standard InChI is InChI=1S/C16H22ClNO2/c1-16(2,3)20-15(19)18-11-5-4-6-14(18)12-7-9-13(17)10-8-12/h7-10,14H,4-6,11H2,1-3H3/t14-/m1/s1. The summed E-state index contributed by atoms with van der Waals surface area (Å²) in [7, 11) is 0. The van der Waals surface area contributed by atoms with E-state index in [1.165, 1.54) is 0 Å². The maximum Gasteiger partial charge on any atom is 0.410 e. The van der Waals surface area contributed by atoms with Gasteiger partial charge in [-0.15, -0.1) is 0 Å². The minimum absolute atomic E-state index is 0.0934. The van der Waals surface area contributed by atoms with Crippen molar-refractivity contribution in [1.82, 2.24) is 4.90 Å². The van der Waals surface area contributed by atoms with Crippen molar-refractivity contribution >= 4 is 17.7 Å². The highest BCUT2D eigenvalue weighted by atomic mass is 35.5. The Morgan fingerprint density at radius 1 is 1.25 bits per heavy atom. The van der Waals surface area contributed by atoms with Crippen molar-refractivity contribution in [2.45, 2.75) is 51.7 Å². The average Bonchev–Trinajstić information content (AvgIpc) is 2.38. The molecule has 0 N–H and O–H groups in total. The van der Waals surface area contributed by atoms with Crippen molar-refractivity contribution in [3.63, 3.8) is 0 Å². The number of nitrogens with zero attached hydrogens (tertiary/aromatic N) is 1. The van der Waals surface area contributed by atoms with E-state index in [0.29, 0.717) is 5.02 Å². The molecule has 0 saturated carbocycles. The summed E-state index contributed by atoms with van der Waals surface area (Å²) in [6.45, 7) is 6.44. The molecule has 1 saturated heterocycles. The van der Waals surface area contributed by atoms with Gasteiger partial charge in [-0.05, 0) is 57.7 Å². The molecule has 1 atom stereocenters. The summed E-state index contributed by atoms with van der Waals surface area (Å²) < 4.78 is 5.51. The van der Waals surface area contributed by atoms with E-state index in [-0.39, 0.29) is 12.1 Å². The molecule has 4 heteroatoms. The molecular weight excluding hydrogens is 274 g/mol. The fraction of sp³-hybridized carbons (Fsp3) is 0.562. The maximum absolute atomic E-state index is 12.3. The van der Waals surface area contributed by atoms with Gasteiger partial charge in [-0.1, -0.05) is 23.7 Å². The SMILES string of the molecule is CC(C)(C)OC(=O)N1CCCC[C@@H]1c1ccc(Cl)cc1. The third-order valence-electron chi connectivity index (χ3n) is 3.39. The molecule has 1 fully saturated rings. The van der Waals surface area contributed by atoms with Crippen LogP contribution in [-0.2, 0) is 4.74 Å². The van der Waals surface area contributed by atoms with Crippen LogP contribution in [0.2, 0.25) is 5.02 Å². The molecule has 110 valence electrons. The van der Waals surface area contributed by atoms with Crippen molar-refractivity contribution in [1.29, 1.82) is 0 Å². The minimum Gasteiger partial charge on any atom is -0.444 e. The Balaban J connectivity index is 2.16. The Hall–Kier alpha value is -1.22. The van der Waals surface area contributed by atoms with E-state index in [1.807, 2.05) is 49.9 Å². The van der Waals surface area contributed by atoms with Gasteiger partial charge >= 0.3 is 6.09 Å². The monoisotopic (exact) mass is 295 g/mol. The number of carbonyl (C=O) groups is 1. The summed E-state index contributed by atoms with van der Waals surface area (Å²) in [6.07, 6.45) is 2.91. The third-order valence-corrected chi connectivity index (χ3v) is 3.64. The maximum atomic E-state index is 12.3. The predicted molar refractivity (Wildman–Crippen MR) is 81.0 cm³/mol. The van der Waals surface area contributed by atoms with Crippen LogP contribution in [0.4, 0.5) is 4.79 Å². The van der Waals surface area contributed by atoms with E-state index in [2.05, 4.69) is 0 Å². The van der Waals surface area contributed by atoms with Gasteiger partial charge < -0.3 is 9.64 Å². The number of rotatable bonds is 1. The minimum atomic E-state index is -0.459. The number of piperidine rings is 1. The van der Waals surface area contributed by atoms with E-state index in [1.54, 1.807) is 0 Å². The smallest absolute Gasteiger partial charge is 0.410 e. The molecular formula is C16H22ClNO2. The Labute approximate surface area is 125 Å². The quantitative estimate of drug-likeness (QED) is 0.744. The molecule has 2 rings (SSSR count). The number of halogens is 1. The molecule has 0 bridgehead atoms. The summed E-state index contributed by atoms with van der Waals surface area (Å²) in [6, 6.07) is 7.83. The molecule has 20 heavy (non-hydrogen) atoms. The molecule has 0 aromatic heterocycles. The summed E-state index contributed by atoms with van der Waals surface area (Å²) in [5, 5.41) is 0.716. The van der Waals surface area contributed by atoms with E-state index in [0.717, 1.165) is 31.4 Å². The van der Waals surface area contributed by atoms with E-state index in [9.17, 15) is 4.79 Å². The number of carbonyl (C=O) groups excluding carboxylic acids is 1. The van der Waals surface area contributed by atoms with Crippen LogP contribution in [0.5, 0.6) is 0 Å². The molecule has 1 amide bonds. The van der Waals surface area contributed by atoms with Crippen LogP contribution in [-0.4, -0.2) is 23.1 Å². The molecule has 0 radical (unpaired) electrons.